The van der Waals surface area contributed by atoms with Crippen LogP contribution in [0.2, 0.25) is 0 Å². The van der Waals surface area contributed by atoms with E-state index in [2.05, 4.69) is 10.6 Å². The molecule has 0 radical (unpaired) electrons. The van der Waals surface area contributed by atoms with Crippen LogP contribution in [-0.4, -0.2) is 32.0 Å². The molecule has 6 heteroatoms. The summed E-state index contributed by atoms with van der Waals surface area (Å²) in [5, 5.41) is 5.31. The van der Waals surface area contributed by atoms with Crippen LogP contribution < -0.4 is 15.5 Å². The van der Waals surface area contributed by atoms with Crippen molar-refractivity contribution in [2.24, 2.45) is 0 Å². The molecule has 0 aliphatic carbocycles. The average molecular weight is 279 g/mol. The van der Waals surface area contributed by atoms with E-state index < -0.39 is 0 Å². The number of piperazine rings is 1. The summed E-state index contributed by atoms with van der Waals surface area (Å²) < 4.78 is 13.8. The minimum atomic E-state index is -0.341. The highest BCUT2D eigenvalue weighted by Crippen LogP contribution is 2.29. The summed E-state index contributed by atoms with van der Waals surface area (Å²) in [6, 6.07) is 3.06. The molecular weight excluding hydrogens is 261 g/mol. The van der Waals surface area contributed by atoms with Gasteiger partial charge in [0.15, 0.2) is 0 Å². The minimum absolute atomic E-state index is 0.0832. The first-order valence-corrected chi connectivity index (χ1v) is 6.47. The molecule has 2 rings (SSSR count). The largest absolute Gasteiger partial charge is 0.353 e. The van der Waals surface area contributed by atoms with Crippen molar-refractivity contribution >= 4 is 17.5 Å². The van der Waals surface area contributed by atoms with Crippen molar-refractivity contribution in [3.05, 3.63) is 29.1 Å². The summed E-state index contributed by atoms with van der Waals surface area (Å²) in [5.74, 6) is -0.976. The molecule has 1 heterocycles. The maximum absolute atomic E-state index is 13.8. The lowest BCUT2D eigenvalue weighted by Gasteiger charge is -2.31. The van der Waals surface area contributed by atoms with Crippen LogP contribution in [0.5, 0.6) is 0 Å². The number of halogens is 1. The minimum Gasteiger partial charge on any atom is -0.353 e. The Morgan fingerprint density at radius 2 is 1.90 bits per heavy atom. The summed E-state index contributed by atoms with van der Waals surface area (Å²) in [7, 11) is 1.78. The van der Waals surface area contributed by atoms with E-state index in [1.54, 1.807) is 24.9 Å². The smallest absolute Gasteiger partial charge is 0.246 e. The third-order valence-electron chi connectivity index (χ3n) is 3.50. The Morgan fingerprint density at radius 1 is 1.30 bits per heavy atom. The number of aryl methyl sites for hydroxylation is 1. The van der Waals surface area contributed by atoms with Crippen LogP contribution in [0.25, 0.3) is 0 Å². The molecule has 2 N–H and O–H groups in total. The van der Waals surface area contributed by atoms with Gasteiger partial charge in [0.05, 0.1) is 13.1 Å². The molecule has 1 unspecified atom stereocenters. The van der Waals surface area contributed by atoms with E-state index in [0.29, 0.717) is 11.3 Å². The Kier molecular flexibility index (Phi) is 4.04. The van der Waals surface area contributed by atoms with Crippen LogP contribution in [0.15, 0.2) is 12.1 Å². The zero-order valence-corrected chi connectivity index (χ0v) is 11.8. The molecule has 1 fully saturated rings. The molecule has 2 amide bonds. The lowest BCUT2D eigenvalue weighted by molar-refractivity contribution is -0.130. The predicted octanol–water partition coefficient (Wildman–Crippen LogP) is 0.877. The first-order valence-electron chi connectivity index (χ1n) is 6.47. The Balaban J connectivity index is 2.46. The monoisotopic (exact) mass is 279 g/mol. The van der Waals surface area contributed by atoms with E-state index in [9.17, 15) is 14.0 Å². The number of hydrogen-bond donors (Lipinski definition) is 2. The SMILES string of the molecule is CNC(C)c1cc(F)c(C)cc1N1CC(=O)NC(=O)C1. The van der Waals surface area contributed by atoms with Crippen LogP contribution in [0, 0.1) is 12.7 Å². The van der Waals surface area contributed by atoms with Crippen molar-refractivity contribution in [2.45, 2.75) is 19.9 Å². The number of nitrogens with one attached hydrogen (secondary N) is 2. The Labute approximate surface area is 117 Å². The second kappa shape index (κ2) is 5.58. The van der Waals surface area contributed by atoms with E-state index in [4.69, 9.17) is 0 Å². The quantitative estimate of drug-likeness (QED) is 0.806. The van der Waals surface area contributed by atoms with Gasteiger partial charge in [-0.15, -0.1) is 0 Å². The number of hydrogen-bond acceptors (Lipinski definition) is 4. The number of carbonyl (C=O) groups excluding carboxylic acids is 2. The van der Waals surface area contributed by atoms with Crippen LogP contribution in [0.4, 0.5) is 10.1 Å². The zero-order chi connectivity index (χ0) is 14.9. The first kappa shape index (κ1) is 14.5. The molecule has 0 bridgehead atoms. The topological polar surface area (TPSA) is 61.4 Å². The first-order chi connectivity index (χ1) is 9.42. The molecule has 0 aromatic heterocycles. The van der Waals surface area contributed by atoms with Gasteiger partial charge in [-0.1, -0.05) is 0 Å². The molecule has 1 atom stereocenters. The fourth-order valence-corrected chi connectivity index (χ4v) is 2.27. The second-order valence-electron chi connectivity index (χ2n) is 5.00. The van der Waals surface area contributed by atoms with Crippen molar-refractivity contribution < 1.29 is 14.0 Å². The number of anilines is 1. The van der Waals surface area contributed by atoms with E-state index in [1.807, 2.05) is 6.92 Å². The van der Waals surface area contributed by atoms with E-state index >= 15 is 0 Å². The van der Waals surface area contributed by atoms with E-state index in [0.717, 1.165) is 5.56 Å². The lowest BCUT2D eigenvalue weighted by atomic mass is 10.0. The third-order valence-corrected chi connectivity index (χ3v) is 3.50. The van der Waals surface area contributed by atoms with Crippen molar-refractivity contribution in [3.8, 4) is 0 Å². The van der Waals surface area contributed by atoms with E-state index in [-0.39, 0.29) is 36.8 Å². The molecule has 0 saturated carbocycles. The molecule has 1 aromatic carbocycles. The Morgan fingerprint density at radius 3 is 2.45 bits per heavy atom. The third kappa shape index (κ3) is 2.80. The molecule has 20 heavy (non-hydrogen) atoms. The van der Waals surface area contributed by atoms with Gasteiger partial charge in [-0.25, -0.2) is 4.39 Å². The van der Waals surface area contributed by atoms with Gasteiger partial charge in [0.1, 0.15) is 5.82 Å². The van der Waals surface area contributed by atoms with Gasteiger partial charge in [0.2, 0.25) is 11.8 Å². The van der Waals surface area contributed by atoms with Crippen molar-refractivity contribution in [3.63, 3.8) is 0 Å². The van der Waals surface area contributed by atoms with Gasteiger partial charge in [0.25, 0.3) is 0 Å². The maximum atomic E-state index is 13.8. The van der Waals surface area contributed by atoms with Crippen LogP contribution in [-0.2, 0) is 9.59 Å². The Bertz CT molecular complexity index is 544. The highest BCUT2D eigenvalue weighted by Gasteiger charge is 2.26. The number of amides is 2. The predicted molar refractivity (Wildman–Crippen MR) is 74.0 cm³/mol. The summed E-state index contributed by atoms with van der Waals surface area (Å²) in [6.07, 6.45) is 0. The summed E-state index contributed by atoms with van der Waals surface area (Å²) in [5.41, 5.74) is 1.94. The highest BCUT2D eigenvalue weighted by atomic mass is 19.1. The fourth-order valence-electron chi connectivity index (χ4n) is 2.27. The maximum Gasteiger partial charge on any atom is 0.246 e. The van der Waals surface area contributed by atoms with Crippen molar-refractivity contribution in [1.29, 1.82) is 0 Å². The van der Waals surface area contributed by atoms with Crippen molar-refractivity contribution in [1.82, 2.24) is 10.6 Å². The number of imide groups is 1. The number of rotatable bonds is 3. The standard InChI is InChI=1S/C14H18FN3O2/c1-8-4-12(10(5-11(8)15)9(2)16-3)18-6-13(19)17-14(20)7-18/h4-5,9,16H,6-7H2,1-3H3,(H,17,19,20). The zero-order valence-electron chi connectivity index (χ0n) is 11.8. The van der Waals surface area contributed by atoms with Gasteiger partial charge in [-0.3, -0.25) is 14.9 Å². The molecule has 1 saturated heterocycles. The molecule has 0 spiro atoms. The Hall–Kier alpha value is -1.95. The van der Waals surface area contributed by atoms with Gasteiger partial charge in [0, 0.05) is 11.7 Å². The number of carbonyl (C=O) groups is 2. The second-order valence-corrected chi connectivity index (χ2v) is 5.00. The fraction of sp³-hybridized carbons (Fsp3) is 0.429. The van der Waals surface area contributed by atoms with Crippen LogP contribution in [0.3, 0.4) is 0 Å². The van der Waals surface area contributed by atoms with Crippen molar-refractivity contribution in [2.75, 3.05) is 25.0 Å². The molecule has 1 aliphatic heterocycles. The summed E-state index contributed by atoms with van der Waals surface area (Å²) >= 11 is 0. The number of benzene rings is 1. The van der Waals surface area contributed by atoms with Crippen LogP contribution >= 0.6 is 0 Å². The molecular formula is C14H18FN3O2. The highest BCUT2D eigenvalue weighted by molar-refractivity contribution is 6.02. The van der Waals surface area contributed by atoms with Gasteiger partial charge in [-0.05, 0) is 44.2 Å². The van der Waals surface area contributed by atoms with Gasteiger partial charge in [-0.2, -0.15) is 0 Å². The van der Waals surface area contributed by atoms with E-state index in [1.165, 1.54) is 6.07 Å². The molecule has 1 aromatic rings. The molecule has 108 valence electrons. The van der Waals surface area contributed by atoms with Gasteiger partial charge < -0.3 is 10.2 Å². The molecule has 5 nitrogen and oxygen atoms in total. The number of nitrogens with zero attached hydrogens (tertiary/aromatic N) is 1. The lowest BCUT2D eigenvalue weighted by Crippen LogP contribution is -2.51. The molecule has 1 aliphatic rings. The van der Waals surface area contributed by atoms with Crippen LogP contribution in [0.1, 0.15) is 24.1 Å². The summed E-state index contributed by atoms with van der Waals surface area (Å²) in [6.45, 7) is 3.76. The van der Waals surface area contributed by atoms with Gasteiger partial charge >= 0.3 is 0 Å². The average Bonchev–Trinajstić information content (AvgIpc) is 2.39. The normalized spacial score (nSPS) is 17.1. The summed E-state index contributed by atoms with van der Waals surface area (Å²) in [4.78, 5) is 24.7.